The molecule has 0 amide bonds. The quantitative estimate of drug-likeness (QED) is 0.711. The Morgan fingerprint density at radius 1 is 1.57 bits per heavy atom. The lowest BCUT2D eigenvalue weighted by atomic mass is 9.98. The molecule has 0 fully saturated rings. The molecule has 1 aromatic carbocycles. The Balaban J connectivity index is 3.09. The fraction of sp³-hybridized carbons (Fsp3) is 0.300. The minimum Gasteiger partial charge on any atom is -0.466 e. The van der Waals surface area contributed by atoms with Crippen molar-refractivity contribution in [3.63, 3.8) is 0 Å². The lowest BCUT2D eigenvalue weighted by Crippen LogP contribution is -2.28. The van der Waals surface area contributed by atoms with Gasteiger partial charge in [0.25, 0.3) is 0 Å². The van der Waals surface area contributed by atoms with E-state index in [2.05, 4.69) is 4.74 Å². The molecule has 1 atom stereocenters. The zero-order valence-corrected chi connectivity index (χ0v) is 8.64. The fourth-order valence-electron chi connectivity index (χ4n) is 1.09. The minimum absolute atomic E-state index is 0.192. The van der Waals surface area contributed by atoms with Crippen LogP contribution in [0.15, 0.2) is 24.3 Å². The van der Waals surface area contributed by atoms with Gasteiger partial charge in [-0.1, -0.05) is 23.7 Å². The number of benzene rings is 1. The third-order valence-electron chi connectivity index (χ3n) is 1.94. The molecule has 0 aliphatic rings. The average molecular weight is 217 g/mol. The number of carbonyl (C=O) groups excluding carboxylic acids is 1. The molecule has 0 bridgehead atoms. The van der Waals surface area contributed by atoms with Crippen molar-refractivity contribution in [3.8, 4) is 0 Å². The number of hydrogen-bond acceptors (Lipinski definition) is 2. The van der Waals surface area contributed by atoms with E-state index in [1.807, 2.05) is 0 Å². The molecule has 0 saturated carbocycles. The van der Waals surface area contributed by atoms with Crippen LogP contribution >= 0.6 is 11.6 Å². The van der Waals surface area contributed by atoms with Crippen LogP contribution in [0.1, 0.15) is 12.5 Å². The molecule has 0 radical (unpaired) electrons. The highest BCUT2D eigenvalue weighted by molar-refractivity contribution is 6.30. The second-order valence-electron chi connectivity index (χ2n) is 3.00. The van der Waals surface area contributed by atoms with Gasteiger partial charge < -0.3 is 4.74 Å². The summed E-state index contributed by atoms with van der Waals surface area (Å²) in [6, 6.07) is 6.08. The van der Waals surface area contributed by atoms with Crippen LogP contribution in [0.4, 0.5) is 4.39 Å². The van der Waals surface area contributed by atoms with Gasteiger partial charge in [-0.3, -0.25) is 0 Å². The highest BCUT2D eigenvalue weighted by Crippen LogP contribution is 2.28. The van der Waals surface area contributed by atoms with E-state index in [0.29, 0.717) is 5.02 Å². The van der Waals surface area contributed by atoms with Gasteiger partial charge >= 0.3 is 5.97 Å². The van der Waals surface area contributed by atoms with Crippen molar-refractivity contribution in [1.29, 1.82) is 0 Å². The molecule has 2 nitrogen and oxygen atoms in total. The molecule has 0 spiro atoms. The van der Waals surface area contributed by atoms with Gasteiger partial charge in [-0.05, 0) is 19.1 Å². The number of carbonyl (C=O) groups is 1. The molecule has 0 saturated heterocycles. The fourth-order valence-corrected chi connectivity index (χ4v) is 1.28. The maximum absolute atomic E-state index is 13.9. The number of halogens is 2. The number of hydrogen-bond donors (Lipinski definition) is 0. The second-order valence-corrected chi connectivity index (χ2v) is 3.44. The Morgan fingerprint density at radius 2 is 2.21 bits per heavy atom. The van der Waals surface area contributed by atoms with Crippen LogP contribution in [0.2, 0.25) is 5.02 Å². The average Bonchev–Trinajstić information content (AvgIpc) is 2.16. The molecular weight excluding hydrogens is 207 g/mol. The predicted molar refractivity (Wildman–Crippen MR) is 51.9 cm³/mol. The Kier molecular flexibility index (Phi) is 3.11. The van der Waals surface area contributed by atoms with Crippen molar-refractivity contribution in [1.82, 2.24) is 0 Å². The smallest absolute Gasteiger partial charge is 0.348 e. The first-order chi connectivity index (χ1) is 6.48. The Hall–Kier alpha value is -1.09. The molecule has 14 heavy (non-hydrogen) atoms. The third kappa shape index (κ3) is 2.04. The molecule has 1 aromatic rings. The normalized spacial score (nSPS) is 14.6. The minimum atomic E-state index is -2.15. The van der Waals surface area contributed by atoms with E-state index >= 15 is 0 Å². The van der Waals surface area contributed by atoms with Crippen LogP contribution in [0.25, 0.3) is 0 Å². The van der Waals surface area contributed by atoms with E-state index in [1.165, 1.54) is 12.1 Å². The van der Waals surface area contributed by atoms with Gasteiger partial charge in [0.05, 0.1) is 7.11 Å². The van der Waals surface area contributed by atoms with Crippen molar-refractivity contribution in [3.05, 3.63) is 34.9 Å². The third-order valence-corrected chi connectivity index (χ3v) is 2.17. The molecule has 0 aliphatic carbocycles. The Labute approximate surface area is 86.6 Å². The van der Waals surface area contributed by atoms with Crippen LogP contribution in [0.5, 0.6) is 0 Å². The lowest BCUT2D eigenvalue weighted by molar-refractivity contribution is -0.154. The lowest BCUT2D eigenvalue weighted by Gasteiger charge is -2.17. The van der Waals surface area contributed by atoms with E-state index in [-0.39, 0.29) is 5.56 Å². The molecular formula is C10H10ClFO2. The molecule has 0 aliphatic heterocycles. The van der Waals surface area contributed by atoms with Crippen LogP contribution in [0.3, 0.4) is 0 Å². The van der Waals surface area contributed by atoms with Gasteiger partial charge in [0, 0.05) is 10.6 Å². The first-order valence-corrected chi connectivity index (χ1v) is 4.39. The van der Waals surface area contributed by atoms with E-state index < -0.39 is 11.6 Å². The van der Waals surface area contributed by atoms with Gasteiger partial charge in [0.15, 0.2) is 0 Å². The standard InChI is InChI=1S/C10H10ClFO2/c1-10(12,9(13)14-2)7-4-3-5-8(11)6-7/h3-6H,1-2H3. The molecule has 0 N–H and O–H groups in total. The number of esters is 1. The maximum atomic E-state index is 13.9. The van der Waals surface area contributed by atoms with E-state index in [9.17, 15) is 9.18 Å². The Bertz CT molecular complexity index is 350. The number of rotatable bonds is 2. The summed E-state index contributed by atoms with van der Waals surface area (Å²) in [5.74, 6) is -0.931. The predicted octanol–water partition coefficient (Wildman–Crippen LogP) is 2.70. The van der Waals surface area contributed by atoms with Crippen LogP contribution in [-0.2, 0) is 15.2 Å². The first kappa shape index (κ1) is 11.0. The van der Waals surface area contributed by atoms with Gasteiger partial charge in [-0.2, -0.15) is 0 Å². The summed E-state index contributed by atoms with van der Waals surface area (Å²) in [7, 11) is 1.14. The zero-order valence-electron chi connectivity index (χ0n) is 7.88. The molecule has 4 heteroatoms. The summed E-state index contributed by atoms with van der Waals surface area (Å²) >= 11 is 5.68. The molecule has 76 valence electrons. The summed E-state index contributed by atoms with van der Waals surface area (Å²) < 4.78 is 18.2. The maximum Gasteiger partial charge on any atom is 0.348 e. The monoisotopic (exact) mass is 216 g/mol. The summed E-state index contributed by atoms with van der Waals surface area (Å²) in [4.78, 5) is 11.1. The van der Waals surface area contributed by atoms with Crippen molar-refractivity contribution in [2.75, 3.05) is 7.11 Å². The van der Waals surface area contributed by atoms with Gasteiger partial charge in [0.2, 0.25) is 5.67 Å². The summed E-state index contributed by atoms with van der Waals surface area (Å²) in [5.41, 5.74) is -1.96. The van der Waals surface area contributed by atoms with E-state index in [1.54, 1.807) is 12.1 Å². The SMILES string of the molecule is COC(=O)C(C)(F)c1cccc(Cl)c1. The highest BCUT2D eigenvalue weighted by atomic mass is 35.5. The molecule has 1 rings (SSSR count). The molecule has 0 aromatic heterocycles. The van der Waals surface area contributed by atoms with Crippen molar-refractivity contribution >= 4 is 17.6 Å². The largest absolute Gasteiger partial charge is 0.466 e. The van der Waals surface area contributed by atoms with E-state index in [0.717, 1.165) is 14.0 Å². The number of ether oxygens (including phenoxy) is 1. The highest BCUT2D eigenvalue weighted by Gasteiger charge is 2.36. The van der Waals surface area contributed by atoms with Gasteiger partial charge in [0.1, 0.15) is 0 Å². The van der Waals surface area contributed by atoms with Crippen molar-refractivity contribution in [2.24, 2.45) is 0 Å². The topological polar surface area (TPSA) is 26.3 Å². The second kappa shape index (κ2) is 3.96. The Morgan fingerprint density at radius 3 is 2.71 bits per heavy atom. The van der Waals surface area contributed by atoms with Gasteiger partial charge in [-0.15, -0.1) is 0 Å². The summed E-state index contributed by atoms with van der Waals surface area (Å²) in [6.45, 7) is 1.14. The zero-order chi connectivity index (χ0) is 10.8. The summed E-state index contributed by atoms with van der Waals surface area (Å²) in [5, 5.41) is 0.385. The first-order valence-electron chi connectivity index (χ1n) is 4.02. The molecule has 0 heterocycles. The van der Waals surface area contributed by atoms with Crippen molar-refractivity contribution in [2.45, 2.75) is 12.6 Å². The van der Waals surface area contributed by atoms with Crippen LogP contribution < -0.4 is 0 Å². The number of methoxy groups -OCH3 is 1. The summed E-state index contributed by atoms with van der Waals surface area (Å²) in [6.07, 6.45) is 0. The molecule has 1 unspecified atom stereocenters. The number of alkyl halides is 1. The van der Waals surface area contributed by atoms with E-state index in [4.69, 9.17) is 11.6 Å². The van der Waals surface area contributed by atoms with Crippen LogP contribution in [0, 0.1) is 0 Å². The van der Waals surface area contributed by atoms with Gasteiger partial charge in [-0.25, -0.2) is 9.18 Å². The van der Waals surface area contributed by atoms with Crippen LogP contribution in [-0.4, -0.2) is 13.1 Å². The van der Waals surface area contributed by atoms with Crippen molar-refractivity contribution < 1.29 is 13.9 Å².